The number of hydrogen-bond donors (Lipinski definition) is 1. The Morgan fingerprint density at radius 3 is 2.24 bits per heavy atom. The largest absolute Gasteiger partial charge is 0.329 e. The van der Waals surface area contributed by atoms with Crippen molar-refractivity contribution in [3.8, 4) is 0 Å². The third kappa shape index (κ3) is 3.17. The third-order valence-corrected chi connectivity index (χ3v) is 4.55. The van der Waals surface area contributed by atoms with Crippen LogP contribution in [0.25, 0.3) is 0 Å². The molecule has 1 atom stereocenters. The van der Waals surface area contributed by atoms with Crippen LogP contribution in [0.4, 0.5) is 0 Å². The lowest BCUT2D eigenvalue weighted by molar-refractivity contribution is 0.211. The van der Waals surface area contributed by atoms with Crippen molar-refractivity contribution in [3.05, 3.63) is 70.8 Å². The molecule has 0 radical (unpaired) electrons. The summed E-state index contributed by atoms with van der Waals surface area (Å²) in [7, 11) is 0. The van der Waals surface area contributed by atoms with Gasteiger partial charge in [-0.2, -0.15) is 0 Å². The Morgan fingerprint density at radius 1 is 1.00 bits per heavy atom. The second-order valence-electron chi connectivity index (χ2n) is 5.97. The number of aryl methyl sites for hydroxylation is 1. The number of nitrogens with two attached hydrogens (primary N) is 1. The molecule has 1 unspecified atom stereocenters. The molecule has 1 aliphatic rings. The van der Waals surface area contributed by atoms with E-state index in [1.54, 1.807) is 0 Å². The van der Waals surface area contributed by atoms with Gasteiger partial charge in [-0.15, -0.1) is 0 Å². The van der Waals surface area contributed by atoms with Crippen LogP contribution in [0.5, 0.6) is 0 Å². The van der Waals surface area contributed by atoms with Crippen LogP contribution in [0, 0.1) is 6.92 Å². The lowest BCUT2D eigenvalue weighted by atomic mass is 10.0. The van der Waals surface area contributed by atoms with Crippen molar-refractivity contribution < 1.29 is 0 Å². The summed E-state index contributed by atoms with van der Waals surface area (Å²) < 4.78 is 0. The number of fused-ring (bicyclic) bond motifs is 1. The normalized spacial score (nSPS) is 17.0. The summed E-state index contributed by atoms with van der Waals surface area (Å²) in [5.41, 5.74) is 11.8. The summed E-state index contributed by atoms with van der Waals surface area (Å²) in [6, 6.07) is 17.9. The van der Waals surface area contributed by atoms with Crippen molar-refractivity contribution in [2.45, 2.75) is 25.8 Å². The average molecular weight is 280 g/mol. The summed E-state index contributed by atoms with van der Waals surface area (Å²) >= 11 is 0. The van der Waals surface area contributed by atoms with E-state index in [0.29, 0.717) is 12.6 Å². The molecule has 3 rings (SSSR count). The van der Waals surface area contributed by atoms with E-state index in [1.165, 1.54) is 22.3 Å². The van der Waals surface area contributed by atoms with E-state index in [9.17, 15) is 0 Å². The van der Waals surface area contributed by atoms with Gasteiger partial charge in [0.15, 0.2) is 0 Å². The fourth-order valence-electron chi connectivity index (χ4n) is 3.37. The lowest BCUT2D eigenvalue weighted by Crippen LogP contribution is -2.35. The zero-order valence-corrected chi connectivity index (χ0v) is 12.8. The molecule has 21 heavy (non-hydrogen) atoms. The van der Waals surface area contributed by atoms with Gasteiger partial charge in [-0.05, 0) is 36.5 Å². The molecule has 0 saturated heterocycles. The van der Waals surface area contributed by atoms with E-state index in [-0.39, 0.29) is 0 Å². The molecule has 0 saturated carbocycles. The predicted molar refractivity (Wildman–Crippen MR) is 88.4 cm³/mol. The molecule has 2 aromatic carbocycles. The van der Waals surface area contributed by atoms with E-state index < -0.39 is 0 Å². The molecule has 2 N–H and O–H groups in total. The number of nitrogens with zero attached hydrogens (tertiary/aromatic N) is 1. The number of rotatable bonds is 3. The standard InChI is InChI=1S/C19H24N2/c1-15-5-4-8-18(13-15)19(14-20)21-11-9-16-6-2-3-7-17(16)10-12-21/h2-8,13,19H,9-12,14,20H2,1H3. The summed E-state index contributed by atoms with van der Waals surface area (Å²) in [6.07, 6.45) is 2.25. The van der Waals surface area contributed by atoms with Gasteiger partial charge in [-0.3, -0.25) is 4.90 Å². The zero-order valence-electron chi connectivity index (χ0n) is 12.8. The van der Waals surface area contributed by atoms with E-state index >= 15 is 0 Å². The topological polar surface area (TPSA) is 29.3 Å². The first kappa shape index (κ1) is 14.3. The highest BCUT2D eigenvalue weighted by Crippen LogP contribution is 2.24. The van der Waals surface area contributed by atoms with Gasteiger partial charge in [0.1, 0.15) is 0 Å². The molecule has 0 amide bonds. The van der Waals surface area contributed by atoms with Gasteiger partial charge >= 0.3 is 0 Å². The van der Waals surface area contributed by atoms with Gasteiger partial charge in [0.2, 0.25) is 0 Å². The maximum Gasteiger partial charge on any atom is 0.0470 e. The molecular formula is C19H24N2. The number of benzene rings is 2. The van der Waals surface area contributed by atoms with Crippen LogP contribution >= 0.6 is 0 Å². The molecule has 0 aliphatic carbocycles. The Kier molecular flexibility index (Phi) is 4.37. The maximum atomic E-state index is 6.10. The minimum Gasteiger partial charge on any atom is -0.329 e. The lowest BCUT2D eigenvalue weighted by Gasteiger charge is -2.30. The summed E-state index contributed by atoms with van der Waals surface area (Å²) in [5, 5.41) is 0. The van der Waals surface area contributed by atoms with Crippen molar-refractivity contribution in [1.29, 1.82) is 0 Å². The quantitative estimate of drug-likeness (QED) is 0.936. The van der Waals surface area contributed by atoms with Gasteiger partial charge in [-0.25, -0.2) is 0 Å². The summed E-state index contributed by atoms with van der Waals surface area (Å²) in [4.78, 5) is 2.55. The smallest absolute Gasteiger partial charge is 0.0470 e. The Bertz CT molecular complexity index is 579. The molecule has 0 aromatic heterocycles. The molecule has 110 valence electrons. The van der Waals surface area contributed by atoms with Crippen molar-refractivity contribution in [1.82, 2.24) is 4.90 Å². The first-order chi connectivity index (χ1) is 10.3. The van der Waals surface area contributed by atoms with Crippen molar-refractivity contribution in [2.75, 3.05) is 19.6 Å². The first-order valence-corrected chi connectivity index (χ1v) is 7.85. The second kappa shape index (κ2) is 6.42. The van der Waals surface area contributed by atoms with Crippen molar-refractivity contribution in [2.24, 2.45) is 5.73 Å². The molecule has 0 fully saturated rings. The van der Waals surface area contributed by atoms with E-state index in [2.05, 4.69) is 60.4 Å². The Labute approximate surface area is 127 Å². The van der Waals surface area contributed by atoms with Gasteiger partial charge in [0, 0.05) is 25.7 Å². The van der Waals surface area contributed by atoms with E-state index in [4.69, 9.17) is 5.73 Å². The van der Waals surface area contributed by atoms with Gasteiger partial charge in [-0.1, -0.05) is 54.1 Å². The SMILES string of the molecule is Cc1cccc(C(CN)N2CCc3ccccc3CC2)c1. The highest BCUT2D eigenvalue weighted by molar-refractivity contribution is 5.30. The molecule has 2 aromatic rings. The van der Waals surface area contributed by atoms with Gasteiger partial charge in [0.25, 0.3) is 0 Å². The van der Waals surface area contributed by atoms with Crippen LogP contribution in [-0.4, -0.2) is 24.5 Å². The molecule has 0 bridgehead atoms. The van der Waals surface area contributed by atoms with Crippen molar-refractivity contribution in [3.63, 3.8) is 0 Å². The van der Waals surface area contributed by atoms with E-state index in [0.717, 1.165) is 25.9 Å². The first-order valence-electron chi connectivity index (χ1n) is 7.85. The van der Waals surface area contributed by atoms with Crippen LogP contribution < -0.4 is 5.73 Å². The van der Waals surface area contributed by atoms with Gasteiger partial charge < -0.3 is 5.73 Å². The van der Waals surface area contributed by atoms with Crippen LogP contribution in [0.15, 0.2) is 48.5 Å². The highest BCUT2D eigenvalue weighted by Gasteiger charge is 2.21. The zero-order chi connectivity index (χ0) is 14.7. The summed E-state index contributed by atoms with van der Waals surface area (Å²) in [5.74, 6) is 0. The average Bonchev–Trinajstić information content (AvgIpc) is 2.71. The Morgan fingerprint density at radius 2 is 1.67 bits per heavy atom. The summed E-state index contributed by atoms with van der Waals surface area (Å²) in [6.45, 7) is 5.01. The fourth-order valence-corrected chi connectivity index (χ4v) is 3.37. The molecule has 0 spiro atoms. The van der Waals surface area contributed by atoms with Crippen LogP contribution in [0.1, 0.15) is 28.3 Å². The van der Waals surface area contributed by atoms with Crippen LogP contribution in [0.2, 0.25) is 0 Å². The third-order valence-electron chi connectivity index (χ3n) is 4.55. The molecular weight excluding hydrogens is 256 g/mol. The second-order valence-corrected chi connectivity index (χ2v) is 5.97. The molecule has 1 heterocycles. The monoisotopic (exact) mass is 280 g/mol. The maximum absolute atomic E-state index is 6.10. The minimum atomic E-state index is 0.333. The van der Waals surface area contributed by atoms with Crippen LogP contribution in [0.3, 0.4) is 0 Å². The minimum absolute atomic E-state index is 0.333. The van der Waals surface area contributed by atoms with Crippen molar-refractivity contribution >= 4 is 0 Å². The predicted octanol–water partition coefficient (Wildman–Crippen LogP) is 3.10. The van der Waals surface area contributed by atoms with Gasteiger partial charge in [0.05, 0.1) is 0 Å². The van der Waals surface area contributed by atoms with Crippen LogP contribution in [-0.2, 0) is 12.8 Å². The fraction of sp³-hybridized carbons (Fsp3) is 0.368. The molecule has 2 heteroatoms. The molecule has 1 aliphatic heterocycles. The molecule has 2 nitrogen and oxygen atoms in total. The Hall–Kier alpha value is -1.64. The highest BCUT2D eigenvalue weighted by atomic mass is 15.2. The Balaban J connectivity index is 1.80. The van der Waals surface area contributed by atoms with E-state index in [1.807, 2.05) is 0 Å². The number of hydrogen-bond acceptors (Lipinski definition) is 2.